The van der Waals surface area contributed by atoms with Crippen molar-refractivity contribution in [2.75, 3.05) is 13.7 Å². The lowest BCUT2D eigenvalue weighted by atomic mass is 10.3. The Kier molecular flexibility index (Phi) is 6.91. The van der Waals surface area contributed by atoms with Gasteiger partial charge >= 0.3 is 9.28 Å². The molecule has 0 saturated heterocycles. The van der Waals surface area contributed by atoms with Crippen LogP contribution >= 0.6 is 0 Å². The van der Waals surface area contributed by atoms with Gasteiger partial charge in [0, 0.05) is 13.7 Å². The van der Waals surface area contributed by atoms with Crippen LogP contribution in [-0.2, 0) is 8.85 Å². The molecule has 0 amide bonds. The van der Waals surface area contributed by atoms with Crippen LogP contribution in [0, 0.1) is 5.92 Å². The molecule has 0 fully saturated rings. The SMILES string of the molecule is CCCO[SiH](CC(C)C)OC. The molecule has 0 radical (unpaired) electrons. The van der Waals surface area contributed by atoms with Crippen LogP contribution < -0.4 is 0 Å². The van der Waals surface area contributed by atoms with Crippen LogP contribution in [0.5, 0.6) is 0 Å². The molecule has 2 nitrogen and oxygen atoms in total. The first-order valence-corrected chi connectivity index (χ1v) is 6.11. The first kappa shape index (κ1) is 11.1. The van der Waals surface area contributed by atoms with Gasteiger partial charge in [-0.05, 0) is 18.4 Å². The zero-order valence-corrected chi connectivity index (χ0v) is 9.25. The Morgan fingerprint density at radius 3 is 2.36 bits per heavy atom. The van der Waals surface area contributed by atoms with Gasteiger partial charge in [-0.1, -0.05) is 20.8 Å². The summed E-state index contributed by atoms with van der Waals surface area (Å²) in [6, 6.07) is 1.12. The predicted octanol–water partition coefficient (Wildman–Crippen LogP) is 1.94. The molecule has 0 N–H and O–H groups in total. The Hall–Kier alpha value is 0.137. The van der Waals surface area contributed by atoms with Gasteiger partial charge in [-0.3, -0.25) is 0 Å². The van der Waals surface area contributed by atoms with Gasteiger partial charge in [0.25, 0.3) is 0 Å². The van der Waals surface area contributed by atoms with Gasteiger partial charge in [0.05, 0.1) is 0 Å². The van der Waals surface area contributed by atoms with Crippen LogP contribution in [0.4, 0.5) is 0 Å². The summed E-state index contributed by atoms with van der Waals surface area (Å²) < 4.78 is 10.8. The average molecular weight is 176 g/mol. The molecular weight excluding hydrogens is 156 g/mol. The minimum absolute atomic E-state index is 0.698. The summed E-state index contributed by atoms with van der Waals surface area (Å²) in [4.78, 5) is 0. The number of rotatable bonds is 6. The summed E-state index contributed by atoms with van der Waals surface area (Å²) in [6.45, 7) is 7.39. The van der Waals surface area contributed by atoms with Crippen LogP contribution in [0.15, 0.2) is 0 Å². The molecule has 0 bridgehead atoms. The fourth-order valence-corrected chi connectivity index (χ4v) is 2.60. The Labute approximate surface area is 71.7 Å². The van der Waals surface area contributed by atoms with Crippen molar-refractivity contribution in [3.05, 3.63) is 0 Å². The third kappa shape index (κ3) is 6.53. The first-order chi connectivity index (χ1) is 5.20. The molecule has 0 aliphatic heterocycles. The minimum atomic E-state index is -1.29. The highest BCUT2D eigenvalue weighted by Crippen LogP contribution is 2.06. The number of hydrogen-bond acceptors (Lipinski definition) is 2. The van der Waals surface area contributed by atoms with Gasteiger partial charge in [0.2, 0.25) is 0 Å². The van der Waals surface area contributed by atoms with Crippen molar-refractivity contribution in [2.45, 2.75) is 33.2 Å². The molecule has 0 saturated carbocycles. The summed E-state index contributed by atoms with van der Waals surface area (Å²) in [6.07, 6.45) is 1.09. The lowest BCUT2D eigenvalue weighted by molar-refractivity contribution is 0.225. The van der Waals surface area contributed by atoms with Crippen molar-refractivity contribution in [2.24, 2.45) is 5.92 Å². The Balaban J connectivity index is 3.41. The van der Waals surface area contributed by atoms with E-state index < -0.39 is 9.28 Å². The van der Waals surface area contributed by atoms with Crippen LogP contribution in [0.2, 0.25) is 6.04 Å². The Morgan fingerprint density at radius 2 is 2.00 bits per heavy atom. The zero-order chi connectivity index (χ0) is 8.69. The highest BCUT2D eigenvalue weighted by Gasteiger charge is 2.12. The largest absolute Gasteiger partial charge is 0.400 e. The van der Waals surface area contributed by atoms with Crippen LogP contribution in [0.25, 0.3) is 0 Å². The molecule has 0 aliphatic carbocycles. The van der Waals surface area contributed by atoms with E-state index in [0.717, 1.165) is 19.1 Å². The van der Waals surface area contributed by atoms with Gasteiger partial charge in [0.1, 0.15) is 0 Å². The van der Waals surface area contributed by atoms with Gasteiger partial charge in [-0.15, -0.1) is 0 Å². The highest BCUT2D eigenvalue weighted by atomic mass is 28.3. The van der Waals surface area contributed by atoms with E-state index in [2.05, 4.69) is 20.8 Å². The third-order valence-electron chi connectivity index (χ3n) is 1.43. The summed E-state index contributed by atoms with van der Waals surface area (Å²) in [7, 11) is 0.470. The molecule has 0 aromatic rings. The van der Waals surface area contributed by atoms with E-state index in [9.17, 15) is 0 Å². The van der Waals surface area contributed by atoms with E-state index in [4.69, 9.17) is 8.85 Å². The molecule has 0 aliphatic rings. The molecule has 0 heterocycles. The zero-order valence-electron chi connectivity index (χ0n) is 8.09. The van der Waals surface area contributed by atoms with E-state index in [1.807, 2.05) is 0 Å². The van der Waals surface area contributed by atoms with E-state index in [-0.39, 0.29) is 0 Å². The van der Waals surface area contributed by atoms with Crippen LogP contribution in [0.3, 0.4) is 0 Å². The smallest absolute Gasteiger partial charge is 0.321 e. The Morgan fingerprint density at radius 1 is 1.36 bits per heavy atom. The molecule has 1 atom stereocenters. The van der Waals surface area contributed by atoms with Crippen LogP contribution in [-0.4, -0.2) is 23.0 Å². The second-order valence-corrected chi connectivity index (χ2v) is 5.30. The molecule has 3 heteroatoms. The molecule has 68 valence electrons. The topological polar surface area (TPSA) is 18.5 Å². The molecule has 11 heavy (non-hydrogen) atoms. The fraction of sp³-hybridized carbons (Fsp3) is 1.00. The molecular formula is C8H20O2Si. The van der Waals surface area contributed by atoms with Crippen LogP contribution in [0.1, 0.15) is 27.2 Å². The molecule has 0 rings (SSSR count). The lowest BCUT2D eigenvalue weighted by Crippen LogP contribution is -2.23. The summed E-state index contributed by atoms with van der Waals surface area (Å²) in [5.41, 5.74) is 0. The normalized spacial score (nSPS) is 13.9. The quantitative estimate of drug-likeness (QED) is 0.576. The minimum Gasteiger partial charge on any atom is -0.400 e. The second-order valence-electron chi connectivity index (χ2n) is 3.17. The maximum absolute atomic E-state index is 5.57. The van der Waals surface area contributed by atoms with E-state index in [0.29, 0.717) is 5.92 Å². The molecule has 1 unspecified atom stereocenters. The fourth-order valence-electron chi connectivity index (χ4n) is 0.867. The molecule has 0 aromatic carbocycles. The summed E-state index contributed by atoms with van der Waals surface area (Å²) in [5, 5.41) is 0. The monoisotopic (exact) mass is 176 g/mol. The maximum atomic E-state index is 5.57. The maximum Gasteiger partial charge on any atom is 0.321 e. The second kappa shape index (κ2) is 6.82. The van der Waals surface area contributed by atoms with E-state index in [1.165, 1.54) is 0 Å². The average Bonchev–Trinajstić information content (AvgIpc) is 1.97. The highest BCUT2D eigenvalue weighted by molar-refractivity contribution is 6.44. The number of hydrogen-bond donors (Lipinski definition) is 0. The lowest BCUT2D eigenvalue weighted by Gasteiger charge is -2.15. The first-order valence-electron chi connectivity index (χ1n) is 4.35. The predicted molar refractivity (Wildman–Crippen MR) is 50.0 cm³/mol. The standard InChI is InChI=1S/C8H20O2Si/c1-5-6-10-11(9-4)7-8(2)3/h8,11H,5-7H2,1-4H3. The van der Waals surface area contributed by atoms with Crippen molar-refractivity contribution in [3.63, 3.8) is 0 Å². The van der Waals surface area contributed by atoms with Crippen molar-refractivity contribution in [3.8, 4) is 0 Å². The molecule has 0 aromatic heterocycles. The van der Waals surface area contributed by atoms with Crippen molar-refractivity contribution in [1.82, 2.24) is 0 Å². The van der Waals surface area contributed by atoms with E-state index in [1.54, 1.807) is 7.11 Å². The molecule has 0 spiro atoms. The van der Waals surface area contributed by atoms with Gasteiger partial charge in [-0.2, -0.15) is 0 Å². The van der Waals surface area contributed by atoms with Crippen molar-refractivity contribution in [1.29, 1.82) is 0 Å². The third-order valence-corrected chi connectivity index (χ3v) is 3.90. The van der Waals surface area contributed by atoms with E-state index >= 15 is 0 Å². The van der Waals surface area contributed by atoms with Crippen molar-refractivity contribution < 1.29 is 8.85 Å². The summed E-state index contributed by atoms with van der Waals surface area (Å²) in [5.74, 6) is 0.698. The van der Waals surface area contributed by atoms with Gasteiger partial charge in [-0.25, -0.2) is 0 Å². The van der Waals surface area contributed by atoms with Gasteiger partial charge in [0.15, 0.2) is 0 Å². The summed E-state index contributed by atoms with van der Waals surface area (Å²) >= 11 is 0. The Bertz CT molecular complexity index is 86.2. The van der Waals surface area contributed by atoms with Gasteiger partial charge < -0.3 is 8.85 Å². The van der Waals surface area contributed by atoms with Crippen molar-refractivity contribution >= 4 is 9.28 Å².